The first kappa shape index (κ1) is 19.7. The van der Waals surface area contributed by atoms with Crippen LogP contribution < -0.4 is 20.1 Å². The molecule has 2 heterocycles. The van der Waals surface area contributed by atoms with Crippen LogP contribution in [0.5, 0.6) is 11.5 Å². The number of carbonyl (C=O) groups excluding carboxylic acids is 2. The maximum atomic E-state index is 12.6. The third kappa shape index (κ3) is 3.79. The van der Waals surface area contributed by atoms with E-state index < -0.39 is 6.04 Å². The van der Waals surface area contributed by atoms with Gasteiger partial charge in [0, 0.05) is 10.6 Å². The molecule has 1 aromatic heterocycles. The average molecular weight is 428 g/mol. The van der Waals surface area contributed by atoms with Crippen molar-refractivity contribution in [2.75, 3.05) is 24.9 Å². The van der Waals surface area contributed by atoms with Gasteiger partial charge >= 0.3 is 0 Å². The fourth-order valence-corrected chi connectivity index (χ4v) is 3.30. The fraction of sp³-hybridized carbons (Fsp3) is 0.200. The van der Waals surface area contributed by atoms with Gasteiger partial charge in [-0.05, 0) is 42.5 Å². The second-order valence-electron chi connectivity index (χ2n) is 6.53. The molecule has 0 bridgehead atoms. The van der Waals surface area contributed by atoms with Crippen LogP contribution in [0.3, 0.4) is 0 Å². The van der Waals surface area contributed by atoms with Crippen molar-refractivity contribution in [1.82, 2.24) is 14.8 Å². The van der Waals surface area contributed by atoms with Gasteiger partial charge in [0.15, 0.2) is 5.82 Å². The molecule has 10 heteroatoms. The van der Waals surface area contributed by atoms with Gasteiger partial charge in [0.2, 0.25) is 11.9 Å². The van der Waals surface area contributed by atoms with Crippen LogP contribution in [0.25, 0.3) is 11.4 Å². The maximum absolute atomic E-state index is 12.6. The Morgan fingerprint density at radius 3 is 2.67 bits per heavy atom. The Labute approximate surface area is 177 Å². The minimum atomic E-state index is -0.815. The second kappa shape index (κ2) is 8.03. The van der Waals surface area contributed by atoms with Crippen LogP contribution in [-0.4, -0.2) is 40.8 Å². The van der Waals surface area contributed by atoms with Crippen LogP contribution in [0.15, 0.2) is 42.5 Å². The predicted octanol–water partition coefficient (Wildman–Crippen LogP) is 3.14. The number of anilines is 2. The van der Waals surface area contributed by atoms with Crippen molar-refractivity contribution in [2.45, 2.75) is 12.5 Å². The first-order chi connectivity index (χ1) is 14.5. The third-order valence-electron chi connectivity index (χ3n) is 4.63. The number of benzene rings is 2. The Kier molecular flexibility index (Phi) is 5.28. The van der Waals surface area contributed by atoms with Crippen LogP contribution in [0.1, 0.15) is 12.5 Å². The smallest absolute Gasteiger partial charge is 0.252 e. The standard InChI is InChI=1S/C20H18ClN5O4/c1-29-13-6-3-11(4-7-13)18-23-20-24-19(28)15(26(20)25-18)10-17(27)22-14-9-12(21)5-8-16(14)30-2/h3-9,15H,10H2,1-2H3,(H,22,27)(H,23,24,25,28)/t15-/m0/s1. The van der Waals surface area contributed by atoms with E-state index in [9.17, 15) is 9.59 Å². The van der Waals surface area contributed by atoms with Gasteiger partial charge in [-0.15, -0.1) is 5.10 Å². The lowest BCUT2D eigenvalue weighted by Crippen LogP contribution is -2.24. The molecule has 2 amide bonds. The molecule has 2 N–H and O–H groups in total. The Morgan fingerprint density at radius 2 is 1.97 bits per heavy atom. The quantitative estimate of drug-likeness (QED) is 0.625. The monoisotopic (exact) mass is 427 g/mol. The molecule has 1 aliphatic rings. The minimum absolute atomic E-state index is 0.125. The highest BCUT2D eigenvalue weighted by Gasteiger charge is 2.35. The molecule has 0 unspecified atom stereocenters. The molecule has 0 aliphatic carbocycles. The molecule has 1 atom stereocenters. The van der Waals surface area contributed by atoms with Crippen molar-refractivity contribution in [1.29, 1.82) is 0 Å². The number of methoxy groups -OCH3 is 2. The van der Waals surface area contributed by atoms with Crippen molar-refractivity contribution in [3.05, 3.63) is 47.5 Å². The number of amides is 2. The van der Waals surface area contributed by atoms with E-state index in [2.05, 4.69) is 20.7 Å². The predicted molar refractivity (Wildman–Crippen MR) is 111 cm³/mol. The Morgan fingerprint density at radius 1 is 1.20 bits per heavy atom. The van der Waals surface area contributed by atoms with E-state index in [0.29, 0.717) is 34.0 Å². The zero-order valence-corrected chi connectivity index (χ0v) is 16.9. The van der Waals surface area contributed by atoms with E-state index in [4.69, 9.17) is 21.1 Å². The number of aromatic nitrogens is 3. The molecule has 0 spiro atoms. The molecule has 2 aromatic carbocycles. The summed E-state index contributed by atoms with van der Waals surface area (Å²) < 4.78 is 11.8. The van der Waals surface area contributed by atoms with Crippen LogP contribution in [-0.2, 0) is 9.59 Å². The third-order valence-corrected chi connectivity index (χ3v) is 4.86. The molecule has 4 rings (SSSR count). The summed E-state index contributed by atoms with van der Waals surface area (Å²) >= 11 is 6.00. The molecule has 0 fully saturated rings. The van der Waals surface area contributed by atoms with Gasteiger partial charge < -0.3 is 14.8 Å². The summed E-state index contributed by atoms with van der Waals surface area (Å²) in [4.78, 5) is 29.3. The number of halogens is 1. The summed E-state index contributed by atoms with van der Waals surface area (Å²) in [6, 6.07) is 11.3. The van der Waals surface area contributed by atoms with Crippen LogP contribution in [0.2, 0.25) is 5.02 Å². The van der Waals surface area contributed by atoms with Gasteiger partial charge in [-0.1, -0.05) is 11.6 Å². The lowest BCUT2D eigenvalue weighted by molar-refractivity contribution is -0.123. The number of ether oxygens (including phenoxy) is 2. The zero-order chi connectivity index (χ0) is 21.3. The summed E-state index contributed by atoms with van der Waals surface area (Å²) in [6.07, 6.45) is -0.125. The van der Waals surface area contributed by atoms with Crippen LogP contribution in [0, 0.1) is 0 Å². The Balaban J connectivity index is 1.52. The van der Waals surface area contributed by atoms with Crippen molar-refractivity contribution in [3.8, 4) is 22.9 Å². The molecule has 0 radical (unpaired) electrons. The summed E-state index contributed by atoms with van der Waals surface area (Å²) in [5.41, 5.74) is 1.19. The number of nitrogens with zero attached hydrogens (tertiary/aromatic N) is 3. The van der Waals surface area contributed by atoms with Crippen molar-refractivity contribution in [3.63, 3.8) is 0 Å². The molecule has 0 saturated carbocycles. The van der Waals surface area contributed by atoms with Crippen LogP contribution in [0.4, 0.5) is 11.6 Å². The van der Waals surface area contributed by atoms with Crippen molar-refractivity contribution < 1.29 is 19.1 Å². The highest BCUT2D eigenvalue weighted by atomic mass is 35.5. The lowest BCUT2D eigenvalue weighted by atomic mass is 10.2. The van der Waals surface area contributed by atoms with Gasteiger partial charge in [-0.2, -0.15) is 4.98 Å². The summed E-state index contributed by atoms with van der Waals surface area (Å²) in [5.74, 6) is 1.18. The van der Waals surface area contributed by atoms with Gasteiger partial charge in [0.1, 0.15) is 17.5 Å². The fourth-order valence-electron chi connectivity index (χ4n) is 3.13. The molecule has 154 valence electrons. The van der Waals surface area contributed by atoms with Crippen molar-refractivity contribution >= 4 is 35.1 Å². The maximum Gasteiger partial charge on any atom is 0.252 e. The number of carbonyl (C=O) groups is 2. The van der Waals surface area contributed by atoms with E-state index in [1.54, 1.807) is 37.4 Å². The molecular formula is C20H18ClN5O4. The molecule has 0 saturated heterocycles. The molecule has 1 aliphatic heterocycles. The first-order valence-corrected chi connectivity index (χ1v) is 9.41. The first-order valence-electron chi connectivity index (χ1n) is 9.03. The number of hydrogen-bond donors (Lipinski definition) is 2. The second-order valence-corrected chi connectivity index (χ2v) is 6.97. The molecule has 3 aromatic rings. The van der Waals surface area contributed by atoms with Crippen LogP contribution >= 0.6 is 11.6 Å². The van der Waals surface area contributed by atoms with E-state index in [-0.39, 0.29) is 18.2 Å². The lowest BCUT2D eigenvalue weighted by Gasteiger charge is -2.12. The van der Waals surface area contributed by atoms with E-state index in [1.807, 2.05) is 12.1 Å². The number of rotatable bonds is 6. The zero-order valence-electron chi connectivity index (χ0n) is 16.2. The van der Waals surface area contributed by atoms with Gasteiger partial charge in [-0.3, -0.25) is 14.9 Å². The number of nitrogens with one attached hydrogen (secondary N) is 2. The SMILES string of the molecule is COc1ccc(-c2nc3n(n2)[C@@H](CC(=O)Nc2cc(Cl)ccc2OC)C(=O)N3)cc1. The van der Waals surface area contributed by atoms with Gasteiger partial charge in [0.05, 0.1) is 26.3 Å². The normalized spacial score (nSPS) is 14.8. The Bertz CT molecular complexity index is 1110. The largest absolute Gasteiger partial charge is 0.497 e. The highest BCUT2D eigenvalue weighted by molar-refractivity contribution is 6.31. The molecule has 9 nitrogen and oxygen atoms in total. The summed E-state index contributed by atoms with van der Waals surface area (Å²) in [7, 11) is 3.08. The highest BCUT2D eigenvalue weighted by Crippen LogP contribution is 2.31. The number of fused-ring (bicyclic) bond motifs is 1. The van der Waals surface area contributed by atoms with Gasteiger partial charge in [-0.25, -0.2) is 4.68 Å². The summed E-state index contributed by atoms with van der Waals surface area (Å²) in [5, 5.41) is 10.3. The van der Waals surface area contributed by atoms with Crippen molar-refractivity contribution in [2.24, 2.45) is 0 Å². The molecular weight excluding hydrogens is 410 g/mol. The molecule has 30 heavy (non-hydrogen) atoms. The van der Waals surface area contributed by atoms with E-state index >= 15 is 0 Å². The average Bonchev–Trinajstić information content (AvgIpc) is 3.27. The number of hydrogen-bond acceptors (Lipinski definition) is 6. The van der Waals surface area contributed by atoms with E-state index in [1.165, 1.54) is 11.8 Å². The van der Waals surface area contributed by atoms with Gasteiger partial charge in [0.25, 0.3) is 5.91 Å². The summed E-state index contributed by atoms with van der Waals surface area (Å²) in [6.45, 7) is 0. The Hall–Kier alpha value is -3.59. The minimum Gasteiger partial charge on any atom is -0.497 e. The topological polar surface area (TPSA) is 107 Å². The van der Waals surface area contributed by atoms with E-state index in [0.717, 1.165) is 5.56 Å².